The second-order valence-corrected chi connectivity index (χ2v) is 4.52. The van der Waals surface area contributed by atoms with Gasteiger partial charge in [0.05, 0.1) is 6.61 Å². The number of nitrogens with zero attached hydrogens (tertiary/aromatic N) is 1. The van der Waals surface area contributed by atoms with Crippen LogP contribution in [0.5, 0.6) is 0 Å². The number of benzene rings is 1. The number of nitrogens with two attached hydrogens (primary N) is 1. The van der Waals surface area contributed by atoms with Gasteiger partial charge >= 0.3 is 5.97 Å². The summed E-state index contributed by atoms with van der Waals surface area (Å²) >= 11 is 0. The molecule has 0 saturated heterocycles. The molecule has 0 aliphatic carbocycles. The van der Waals surface area contributed by atoms with Crippen molar-refractivity contribution in [2.75, 3.05) is 6.61 Å². The van der Waals surface area contributed by atoms with Crippen LogP contribution in [0.25, 0.3) is 10.9 Å². The molecule has 0 fully saturated rings. The van der Waals surface area contributed by atoms with Gasteiger partial charge in [0.1, 0.15) is 6.04 Å². The summed E-state index contributed by atoms with van der Waals surface area (Å²) in [6.45, 7) is 5.15. The molecule has 0 amide bonds. The molecular weight excluding hydrogens is 240 g/mol. The van der Waals surface area contributed by atoms with Crippen molar-refractivity contribution in [3.8, 4) is 0 Å². The molecule has 2 rings (SSSR count). The maximum atomic E-state index is 11.6. The molecule has 19 heavy (non-hydrogen) atoms. The zero-order chi connectivity index (χ0) is 13.8. The van der Waals surface area contributed by atoms with Crippen LogP contribution in [-0.4, -0.2) is 23.2 Å². The normalized spacial score (nSPS) is 12.6. The summed E-state index contributed by atoms with van der Waals surface area (Å²) in [5.41, 5.74) is 8.17. The van der Waals surface area contributed by atoms with Crippen molar-refractivity contribution in [1.82, 2.24) is 4.57 Å². The minimum Gasteiger partial charge on any atom is -0.465 e. The predicted molar refractivity (Wildman–Crippen MR) is 75.9 cm³/mol. The van der Waals surface area contributed by atoms with E-state index in [0.29, 0.717) is 13.0 Å². The van der Waals surface area contributed by atoms with Crippen molar-refractivity contribution in [3.05, 3.63) is 36.0 Å². The van der Waals surface area contributed by atoms with E-state index in [1.165, 1.54) is 5.52 Å². The summed E-state index contributed by atoms with van der Waals surface area (Å²) in [6, 6.07) is 7.56. The molecule has 4 heteroatoms. The van der Waals surface area contributed by atoms with E-state index >= 15 is 0 Å². The highest BCUT2D eigenvalue weighted by Gasteiger charge is 2.17. The first-order valence-corrected chi connectivity index (χ1v) is 6.66. The Morgan fingerprint density at radius 1 is 1.37 bits per heavy atom. The Morgan fingerprint density at radius 3 is 2.79 bits per heavy atom. The predicted octanol–water partition coefficient (Wildman–Crippen LogP) is 2.09. The smallest absolute Gasteiger partial charge is 0.323 e. The molecular formula is C15H20N2O2. The molecule has 102 valence electrons. The first-order chi connectivity index (χ1) is 9.17. The number of carbonyl (C=O) groups excluding carboxylic acids is 1. The Labute approximate surface area is 113 Å². The van der Waals surface area contributed by atoms with Crippen LogP contribution in [-0.2, 0) is 22.5 Å². The van der Waals surface area contributed by atoms with E-state index in [2.05, 4.69) is 29.8 Å². The van der Waals surface area contributed by atoms with E-state index < -0.39 is 6.04 Å². The molecule has 1 aromatic heterocycles. The molecule has 0 spiro atoms. The lowest BCUT2D eigenvalue weighted by Crippen LogP contribution is -2.34. The van der Waals surface area contributed by atoms with Crippen molar-refractivity contribution in [1.29, 1.82) is 0 Å². The summed E-state index contributed by atoms with van der Waals surface area (Å²) in [5, 5.41) is 1.16. The molecule has 1 atom stereocenters. The Bertz CT molecular complexity index is 575. The van der Waals surface area contributed by atoms with Crippen LogP contribution in [0, 0.1) is 0 Å². The van der Waals surface area contributed by atoms with Gasteiger partial charge in [0.15, 0.2) is 0 Å². The lowest BCUT2D eigenvalue weighted by atomic mass is 10.1. The number of hydrogen-bond donors (Lipinski definition) is 1. The fourth-order valence-electron chi connectivity index (χ4n) is 2.32. The van der Waals surface area contributed by atoms with Crippen LogP contribution in [0.1, 0.15) is 19.4 Å². The van der Waals surface area contributed by atoms with E-state index in [-0.39, 0.29) is 5.97 Å². The second kappa shape index (κ2) is 5.89. The summed E-state index contributed by atoms with van der Waals surface area (Å²) in [7, 11) is 0. The summed E-state index contributed by atoms with van der Waals surface area (Å²) in [6.07, 6.45) is 2.58. The van der Waals surface area contributed by atoms with Gasteiger partial charge in [-0.1, -0.05) is 18.2 Å². The number of ether oxygens (including phenoxy) is 1. The molecule has 0 saturated carbocycles. The van der Waals surface area contributed by atoms with Gasteiger partial charge in [0.2, 0.25) is 0 Å². The van der Waals surface area contributed by atoms with E-state index in [1.54, 1.807) is 6.92 Å². The number of hydrogen-bond acceptors (Lipinski definition) is 3. The van der Waals surface area contributed by atoms with Gasteiger partial charge in [-0.25, -0.2) is 0 Å². The summed E-state index contributed by atoms with van der Waals surface area (Å²) in [4.78, 5) is 11.6. The van der Waals surface area contributed by atoms with E-state index in [1.807, 2.05) is 12.1 Å². The Balaban J connectivity index is 2.28. The van der Waals surface area contributed by atoms with Crippen LogP contribution in [0.2, 0.25) is 0 Å². The molecule has 4 nitrogen and oxygen atoms in total. The van der Waals surface area contributed by atoms with Crippen molar-refractivity contribution >= 4 is 16.9 Å². The quantitative estimate of drug-likeness (QED) is 0.837. The van der Waals surface area contributed by atoms with Gasteiger partial charge in [-0.05, 0) is 25.5 Å². The highest BCUT2D eigenvalue weighted by atomic mass is 16.5. The third-order valence-corrected chi connectivity index (χ3v) is 3.24. The third-order valence-electron chi connectivity index (χ3n) is 3.24. The number of para-hydroxylation sites is 1. The van der Waals surface area contributed by atoms with Crippen molar-refractivity contribution in [2.24, 2.45) is 5.73 Å². The molecule has 1 unspecified atom stereocenters. The van der Waals surface area contributed by atoms with Crippen molar-refractivity contribution in [2.45, 2.75) is 32.9 Å². The number of aryl methyl sites for hydroxylation is 1. The van der Waals surface area contributed by atoms with Gasteiger partial charge in [-0.2, -0.15) is 0 Å². The molecule has 0 aliphatic rings. The lowest BCUT2D eigenvalue weighted by Gasteiger charge is -2.09. The van der Waals surface area contributed by atoms with Crippen LogP contribution < -0.4 is 5.73 Å². The number of esters is 1. The summed E-state index contributed by atoms with van der Waals surface area (Å²) < 4.78 is 7.12. The number of carbonyl (C=O) groups is 1. The highest BCUT2D eigenvalue weighted by Crippen LogP contribution is 2.22. The number of aromatic nitrogens is 1. The number of fused-ring (bicyclic) bond motifs is 1. The largest absolute Gasteiger partial charge is 0.465 e. The minimum absolute atomic E-state index is 0.337. The maximum absolute atomic E-state index is 11.6. The fourth-order valence-corrected chi connectivity index (χ4v) is 2.32. The molecule has 2 aromatic rings. The molecule has 1 heterocycles. The van der Waals surface area contributed by atoms with Crippen LogP contribution in [0.3, 0.4) is 0 Å². The number of rotatable bonds is 5. The monoisotopic (exact) mass is 260 g/mol. The average molecular weight is 260 g/mol. The zero-order valence-electron chi connectivity index (χ0n) is 11.4. The van der Waals surface area contributed by atoms with Gasteiger partial charge in [-0.3, -0.25) is 4.79 Å². The second-order valence-electron chi connectivity index (χ2n) is 4.52. The minimum atomic E-state index is -0.601. The Kier molecular flexibility index (Phi) is 4.22. The SMILES string of the molecule is CCOC(=O)C(N)Cc1cn(CC)c2ccccc12. The van der Waals surface area contributed by atoms with E-state index in [9.17, 15) is 4.79 Å². The van der Waals surface area contributed by atoms with Crippen molar-refractivity contribution in [3.63, 3.8) is 0 Å². The summed E-state index contributed by atoms with van der Waals surface area (Å²) in [5.74, 6) is -0.337. The van der Waals surface area contributed by atoms with Gasteiger partial charge in [0.25, 0.3) is 0 Å². The Morgan fingerprint density at radius 2 is 2.11 bits per heavy atom. The molecule has 2 N–H and O–H groups in total. The van der Waals surface area contributed by atoms with Crippen LogP contribution >= 0.6 is 0 Å². The first-order valence-electron chi connectivity index (χ1n) is 6.66. The lowest BCUT2D eigenvalue weighted by molar-refractivity contribution is -0.144. The Hall–Kier alpha value is -1.81. The van der Waals surface area contributed by atoms with E-state index in [0.717, 1.165) is 17.5 Å². The first kappa shape index (κ1) is 13.6. The highest BCUT2D eigenvalue weighted by molar-refractivity contribution is 5.85. The molecule has 0 bridgehead atoms. The topological polar surface area (TPSA) is 57.2 Å². The maximum Gasteiger partial charge on any atom is 0.323 e. The molecule has 0 radical (unpaired) electrons. The van der Waals surface area contributed by atoms with E-state index in [4.69, 9.17) is 10.5 Å². The van der Waals surface area contributed by atoms with Crippen molar-refractivity contribution < 1.29 is 9.53 Å². The average Bonchev–Trinajstić information content (AvgIpc) is 2.77. The van der Waals surface area contributed by atoms with Crippen LogP contribution in [0.4, 0.5) is 0 Å². The zero-order valence-corrected chi connectivity index (χ0v) is 11.4. The molecule has 1 aromatic carbocycles. The fraction of sp³-hybridized carbons (Fsp3) is 0.400. The van der Waals surface area contributed by atoms with Gasteiger partial charge in [0, 0.05) is 30.1 Å². The van der Waals surface area contributed by atoms with Gasteiger partial charge in [-0.15, -0.1) is 0 Å². The molecule has 0 aliphatic heterocycles. The van der Waals surface area contributed by atoms with Gasteiger partial charge < -0.3 is 15.0 Å². The van der Waals surface area contributed by atoms with Crippen LogP contribution in [0.15, 0.2) is 30.5 Å². The standard InChI is InChI=1S/C15H20N2O2/c1-3-17-10-11(9-13(16)15(18)19-4-2)12-7-5-6-8-14(12)17/h5-8,10,13H,3-4,9,16H2,1-2H3. The third kappa shape index (κ3) is 2.79.